The van der Waals surface area contributed by atoms with Gasteiger partial charge in [-0.25, -0.2) is 0 Å². The maximum Gasteiger partial charge on any atom is 0.270 e. The Morgan fingerprint density at radius 3 is 2.66 bits per heavy atom. The van der Waals surface area contributed by atoms with Crippen LogP contribution >= 0.6 is 11.8 Å². The summed E-state index contributed by atoms with van der Waals surface area (Å²) in [6.07, 6.45) is 0.777. The van der Waals surface area contributed by atoms with Crippen LogP contribution in [-0.2, 0) is 4.79 Å². The predicted molar refractivity (Wildman–Crippen MR) is 107 cm³/mol. The van der Waals surface area contributed by atoms with Crippen molar-refractivity contribution in [1.29, 1.82) is 0 Å². The summed E-state index contributed by atoms with van der Waals surface area (Å²) in [7, 11) is 0. The lowest BCUT2D eigenvalue weighted by atomic mass is 10.1. The average molecular weight is 411 g/mol. The van der Waals surface area contributed by atoms with Crippen LogP contribution in [-0.4, -0.2) is 45.9 Å². The second kappa shape index (κ2) is 7.32. The van der Waals surface area contributed by atoms with E-state index in [1.54, 1.807) is 16.7 Å². The number of hydrogen-bond donors (Lipinski definition) is 0. The van der Waals surface area contributed by atoms with Gasteiger partial charge in [-0.3, -0.25) is 29.4 Å². The summed E-state index contributed by atoms with van der Waals surface area (Å²) in [5, 5.41) is 11.3. The van der Waals surface area contributed by atoms with Gasteiger partial charge in [0, 0.05) is 28.8 Å². The predicted octanol–water partition coefficient (Wildman–Crippen LogP) is 3.11. The van der Waals surface area contributed by atoms with Crippen molar-refractivity contribution < 1.29 is 19.3 Å². The number of carbonyl (C=O) groups is 3. The van der Waals surface area contributed by atoms with Crippen molar-refractivity contribution in [2.24, 2.45) is 0 Å². The molecule has 0 fully saturated rings. The average Bonchev–Trinajstić information content (AvgIpc) is 2.84. The molecule has 0 spiro atoms. The van der Waals surface area contributed by atoms with Crippen LogP contribution in [0.15, 0.2) is 47.4 Å². The Balaban J connectivity index is 1.60. The molecule has 2 aromatic carbocycles. The van der Waals surface area contributed by atoms with E-state index in [1.165, 1.54) is 12.1 Å². The lowest BCUT2D eigenvalue weighted by molar-refractivity contribution is -0.384. The van der Waals surface area contributed by atoms with E-state index in [4.69, 9.17) is 0 Å². The van der Waals surface area contributed by atoms with Crippen LogP contribution in [0.5, 0.6) is 0 Å². The molecule has 2 heterocycles. The maximum absolute atomic E-state index is 13.1. The Morgan fingerprint density at radius 1 is 1.17 bits per heavy atom. The molecule has 0 unspecified atom stereocenters. The van der Waals surface area contributed by atoms with Crippen molar-refractivity contribution >= 4 is 40.9 Å². The van der Waals surface area contributed by atoms with Gasteiger partial charge in [0.15, 0.2) is 0 Å². The van der Waals surface area contributed by atoms with Crippen LogP contribution < -0.4 is 4.90 Å². The number of amides is 3. The van der Waals surface area contributed by atoms with Gasteiger partial charge in [0.25, 0.3) is 17.5 Å². The van der Waals surface area contributed by atoms with Crippen molar-refractivity contribution in [1.82, 2.24) is 4.90 Å². The lowest BCUT2D eigenvalue weighted by Crippen LogP contribution is -2.43. The number of nitro benzene ring substituents is 1. The zero-order chi connectivity index (χ0) is 20.7. The highest BCUT2D eigenvalue weighted by Gasteiger charge is 2.39. The first-order chi connectivity index (χ1) is 13.9. The molecule has 2 aliphatic rings. The van der Waals surface area contributed by atoms with Gasteiger partial charge in [-0.15, -0.1) is 11.8 Å². The largest absolute Gasteiger partial charge is 0.310 e. The van der Waals surface area contributed by atoms with E-state index in [9.17, 15) is 24.5 Å². The number of non-ortho nitro benzene ring substituents is 1. The summed E-state index contributed by atoms with van der Waals surface area (Å²) in [4.78, 5) is 52.1. The zero-order valence-electron chi connectivity index (χ0n) is 15.5. The number of carbonyl (C=O) groups excluding carboxylic acids is 3. The number of nitrogens with zero attached hydrogens (tertiary/aromatic N) is 3. The molecule has 8 nitrogen and oxygen atoms in total. The Labute approximate surface area is 170 Å². The van der Waals surface area contributed by atoms with Crippen LogP contribution in [0, 0.1) is 10.1 Å². The van der Waals surface area contributed by atoms with E-state index < -0.39 is 23.3 Å². The number of imide groups is 1. The summed E-state index contributed by atoms with van der Waals surface area (Å²) in [6.45, 7) is 2.17. The standard InChI is InChI=1S/C20H17N3O5S/c1-12-8-9-21(16-4-2-3-5-17(16)29-12)18(24)11-22-19(25)14-7-6-13(23(27)28)10-15(14)20(22)26/h2-7,10,12H,8-9,11H2,1H3/t12-/m0/s1. The van der Waals surface area contributed by atoms with E-state index in [2.05, 4.69) is 6.92 Å². The fourth-order valence-electron chi connectivity index (χ4n) is 3.50. The fraction of sp³-hybridized carbons (Fsp3) is 0.250. The second-order valence-electron chi connectivity index (χ2n) is 6.91. The van der Waals surface area contributed by atoms with E-state index in [0.717, 1.165) is 28.0 Å². The van der Waals surface area contributed by atoms with Crippen molar-refractivity contribution in [2.75, 3.05) is 18.0 Å². The first kappa shape index (κ1) is 19.1. The Hall–Kier alpha value is -3.20. The molecule has 148 valence electrons. The summed E-state index contributed by atoms with van der Waals surface area (Å²) in [5.74, 6) is -1.66. The highest BCUT2D eigenvalue weighted by Crippen LogP contribution is 2.37. The minimum atomic E-state index is -0.687. The van der Waals surface area contributed by atoms with Crippen LogP contribution in [0.4, 0.5) is 11.4 Å². The van der Waals surface area contributed by atoms with E-state index in [-0.39, 0.29) is 22.7 Å². The quantitative estimate of drug-likeness (QED) is 0.437. The summed E-state index contributed by atoms with van der Waals surface area (Å²) >= 11 is 1.69. The molecule has 2 aliphatic heterocycles. The number of hydrogen-bond acceptors (Lipinski definition) is 6. The maximum atomic E-state index is 13.1. The Bertz CT molecular complexity index is 1050. The summed E-state index contributed by atoms with van der Waals surface area (Å²) in [5.41, 5.74) is 0.524. The number of rotatable bonds is 3. The SMILES string of the molecule is C[C@H]1CCN(C(=O)CN2C(=O)c3ccc([N+](=O)[O-])cc3C2=O)c2ccccc2S1. The number of nitro groups is 1. The molecule has 0 saturated carbocycles. The van der Waals surface area contributed by atoms with Crippen molar-refractivity contribution in [3.05, 3.63) is 63.7 Å². The number of anilines is 1. The van der Waals surface area contributed by atoms with E-state index in [0.29, 0.717) is 11.8 Å². The third kappa shape index (κ3) is 3.38. The molecular formula is C20H17N3O5S. The first-order valence-corrected chi connectivity index (χ1v) is 9.95. The first-order valence-electron chi connectivity index (χ1n) is 9.07. The van der Waals surface area contributed by atoms with Crippen LogP contribution in [0.1, 0.15) is 34.1 Å². The van der Waals surface area contributed by atoms with Crippen molar-refractivity contribution in [2.45, 2.75) is 23.5 Å². The van der Waals surface area contributed by atoms with Crippen molar-refractivity contribution in [3.8, 4) is 0 Å². The topological polar surface area (TPSA) is 101 Å². The smallest absolute Gasteiger partial charge is 0.270 e. The van der Waals surface area contributed by atoms with Gasteiger partial charge in [-0.2, -0.15) is 0 Å². The minimum absolute atomic E-state index is 0.0440. The van der Waals surface area contributed by atoms with Gasteiger partial charge in [0.2, 0.25) is 5.91 Å². The molecule has 0 aromatic heterocycles. The third-order valence-electron chi connectivity index (χ3n) is 5.00. The second-order valence-corrected chi connectivity index (χ2v) is 8.39. The molecule has 29 heavy (non-hydrogen) atoms. The molecule has 0 aliphatic carbocycles. The normalized spacial score (nSPS) is 18.3. The molecule has 1 atom stereocenters. The molecule has 3 amide bonds. The van der Waals surface area contributed by atoms with Gasteiger partial charge in [-0.05, 0) is 24.6 Å². The molecule has 9 heteroatoms. The number of fused-ring (bicyclic) bond motifs is 2. The number of para-hydroxylation sites is 1. The molecule has 0 N–H and O–H groups in total. The fourth-order valence-corrected chi connectivity index (χ4v) is 4.62. The lowest BCUT2D eigenvalue weighted by Gasteiger charge is -2.24. The van der Waals surface area contributed by atoms with Crippen LogP contribution in [0.2, 0.25) is 0 Å². The van der Waals surface area contributed by atoms with Gasteiger partial charge in [0.05, 0.1) is 21.7 Å². The van der Waals surface area contributed by atoms with Gasteiger partial charge >= 0.3 is 0 Å². The van der Waals surface area contributed by atoms with Gasteiger partial charge < -0.3 is 4.90 Å². The Morgan fingerprint density at radius 2 is 1.90 bits per heavy atom. The summed E-state index contributed by atoms with van der Waals surface area (Å²) in [6, 6.07) is 11.1. The number of benzene rings is 2. The van der Waals surface area contributed by atoms with Gasteiger partial charge in [-0.1, -0.05) is 19.1 Å². The highest BCUT2D eigenvalue weighted by atomic mass is 32.2. The Kier molecular flexibility index (Phi) is 4.83. The zero-order valence-corrected chi connectivity index (χ0v) is 16.3. The molecule has 4 rings (SSSR count). The third-order valence-corrected chi connectivity index (χ3v) is 6.24. The molecule has 0 radical (unpaired) electrons. The highest BCUT2D eigenvalue weighted by molar-refractivity contribution is 8.00. The monoisotopic (exact) mass is 411 g/mol. The minimum Gasteiger partial charge on any atom is -0.310 e. The van der Waals surface area contributed by atoms with Crippen molar-refractivity contribution in [3.63, 3.8) is 0 Å². The molecular weight excluding hydrogens is 394 g/mol. The van der Waals surface area contributed by atoms with Gasteiger partial charge in [0.1, 0.15) is 6.54 Å². The number of thioether (sulfide) groups is 1. The molecule has 0 saturated heterocycles. The molecule has 0 bridgehead atoms. The molecule has 2 aromatic rings. The van der Waals surface area contributed by atoms with E-state index >= 15 is 0 Å². The van der Waals surface area contributed by atoms with E-state index in [1.807, 2.05) is 24.3 Å². The summed E-state index contributed by atoms with van der Waals surface area (Å²) < 4.78 is 0. The van der Waals surface area contributed by atoms with Crippen LogP contribution in [0.25, 0.3) is 0 Å². The van der Waals surface area contributed by atoms with Crippen LogP contribution in [0.3, 0.4) is 0 Å².